The first kappa shape index (κ1) is 22.9. The second-order valence-electron chi connectivity index (χ2n) is 8.40. The van der Waals surface area contributed by atoms with Gasteiger partial charge in [-0.25, -0.2) is 8.42 Å². The number of alkyl halides is 3. The summed E-state index contributed by atoms with van der Waals surface area (Å²) in [7, 11) is -3.74. The molecule has 10 heteroatoms. The topological polar surface area (TPSA) is 75.7 Å². The first-order chi connectivity index (χ1) is 14.2. The van der Waals surface area contributed by atoms with E-state index in [0.717, 1.165) is 28.3 Å². The van der Waals surface area contributed by atoms with Gasteiger partial charge < -0.3 is 10.1 Å². The van der Waals surface area contributed by atoms with Crippen molar-refractivity contribution in [3.05, 3.63) is 53.6 Å². The molecule has 0 fully saturated rings. The molecular weight excluding hydrogens is 433 g/mol. The summed E-state index contributed by atoms with van der Waals surface area (Å²) in [5, 5.41) is 2.38. The predicted octanol–water partition coefficient (Wildman–Crippen LogP) is 4.17. The smallest absolute Gasteiger partial charge is 0.416 e. The van der Waals surface area contributed by atoms with Gasteiger partial charge in [0.05, 0.1) is 24.1 Å². The van der Waals surface area contributed by atoms with E-state index in [2.05, 4.69) is 5.32 Å². The summed E-state index contributed by atoms with van der Waals surface area (Å²) in [4.78, 5) is 12.7. The first-order valence-electron chi connectivity index (χ1n) is 9.43. The number of amides is 1. The fourth-order valence-corrected chi connectivity index (χ4v) is 4.07. The molecule has 0 spiro atoms. The van der Waals surface area contributed by atoms with Crippen molar-refractivity contribution in [2.24, 2.45) is 0 Å². The van der Waals surface area contributed by atoms with Crippen molar-refractivity contribution in [2.45, 2.75) is 38.5 Å². The highest BCUT2D eigenvalue weighted by Crippen LogP contribution is 2.39. The average Bonchev–Trinajstić information content (AvgIpc) is 2.64. The average molecular weight is 456 g/mol. The molecule has 0 saturated heterocycles. The second-order valence-corrected chi connectivity index (χ2v) is 10.3. The van der Waals surface area contributed by atoms with Crippen molar-refractivity contribution in [1.29, 1.82) is 0 Å². The Kier molecular flexibility index (Phi) is 5.72. The van der Waals surface area contributed by atoms with Gasteiger partial charge in [-0.15, -0.1) is 0 Å². The molecule has 1 atom stereocenters. The van der Waals surface area contributed by atoms with Gasteiger partial charge in [-0.05, 0) is 41.3 Å². The highest BCUT2D eigenvalue weighted by atomic mass is 32.2. The Hall–Kier alpha value is -2.75. The number of hydrogen-bond donors (Lipinski definition) is 1. The molecule has 1 heterocycles. The molecule has 168 valence electrons. The largest absolute Gasteiger partial charge is 0.476 e. The number of carbonyl (C=O) groups is 1. The predicted molar refractivity (Wildman–Crippen MR) is 112 cm³/mol. The highest BCUT2D eigenvalue weighted by Gasteiger charge is 2.36. The zero-order valence-corrected chi connectivity index (χ0v) is 18.3. The van der Waals surface area contributed by atoms with Crippen LogP contribution in [0.5, 0.6) is 5.75 Å². The maximum atomic E-state index is 12.9. The lowest BCUT2D eigenvalue weighted by molar-refractivity contribution is -0.137. The Morgan fingerprint density at radius 1 is 1.10 bits per heavy atom. The number of benzene rings is 2. The molecule has 0 bridgehead atoms. The molecule has 1 aliphatic rings. The Bertz CT molecular complexity index is 1110. The lowest BCUT2D eigenvalue weighted by Gasteiger charge is -2.35. The number of carbonyl (C=O) groups excluding carboxylic acids is 1. The fourth-order valence-electron chi connectivity index (χ4n) is 3.16. The van der Waals surface area contributed by atoms with E-state index in [0.29, 0.717) is 5.69 Å². The summed E-state index contributed by atoms with van der Waals surface area (Å²) in [6, 6.07) is 9.27. The summed E-state index contributed by atoms with van der Waals surface area (Å²) < 4.78 is 70.3. The molecule has 1 amide bonds. The van der Waals surface area contributed by atoms with Crippen molar-refractivity contribution in [3.8, 4) is 5.75 Å². The van der Waals surface area contributed by atoms with Gasteiger partial charge in [0.15, 0.2) is 6.10 Å². The fraction of sp³-hybridized carbons (Fsp3) is 0.381. The molecule has 6 nitrogen and oxygen atoms in total. The van der Waals surface area contributed by atoms with E-state index in [4.69, 9.17) is 4.74 Å². The quantitative estimate of drug-likeness (QED) is 0.752. The number of anilines is 2. The van der Waals surface area contributed by atoms with Gasteiger partial charge in [-0.1, -0.05) is 32.9 Å². The SMILES string of the molecule is CC(C)(C)c1ccc2c(c1)N(S(C)(=O)=O)CC(C(=O)Nc1cccc(C(F)(F)F)c1)O2. The van der Waals surface area contributed by atoms with E-state index in [9.17, 15) is 26.4 Å². The van der Waals surface area contributed by atoms with E-state index in [-0.39, 0.29) is 23.4 Å². The molecule has 31 heavy (non-hydrogen) atoms. The van der Waals surface area contributed by atoms with Crippen molar-refractivity contribution in [3.63, 3.8) is 0 Å². The van der Waals surface area contributed by atoms with Crippen LogP contribution in [0.4, 0.5) is 24.5 Å². The lowest BCUT2D eigenvalue weighted by atomic mass is 9.86. The van der Waals surface area contributed by atoms with Crippen LogP contribution in [0.3, 0.4) is 0 Å². The van der Waals surface area contributed by atoms with E-state index < -0.39 is 33.8 Å². The summed E-state index contributed by atoms with van der Waals surface area (Å²) in [6.07, 6.45) is -4.77. The molecule has 1 N–H and O–H groups in total. The Morgan fingerprint density at radius 3 is 2.35 bits per heavy atom. The van der Waals surface area contributed by atoms with E-state index in [1.165, 1.54) is 12.1 Å². The second kappa shape index (κ2) is 7.74. The molecule has 0 aromatic heterocycles. The number of hydrogen-bond acceptors (Lipinski definition) is 4. The van der Waals surface area contributed by atoms with Crippen LogP contribution in [0.2, 0.25) is 0 Å². The maximum absolute atomic E-state index is 12.9. The lowest BCUT2D eigenvalue weighted by Crippen LogP contribution is -2.48. The van der Waals surface area contributed by atoms with Gasteiger partial charge in [-0.2, -0.15) is 13.2 Å². The van der Waals surface area contributed by atoms with Crippen molar-refractivity contribution in [1.82, 2.24) is 0 Å². The van der Waals surface area contributed by atoms with Gasteiger partial charge in [0.2, 0.25) is 10.0 Å². The third-order valence-electron chi connectivity index (χ3n) is 4.84. The number of nitrogens with zero attached hydrogens (tertiary/aromatic N) is 1. The summed E-state index contributed by atoms with van der Waals surface area (Å²) in [6.45, 7) is 5.64. The third-order valence-corrected chi connectivity index (χ3v) is 5.99. The number of rotatable bonds is 3. The summed E-state index contributed by atoms with van der Waals surface area (Å²) >= 11 is 0. The molecule has 2 aromatic rings. The van der Waals surface area contributed by atoms with Crippen LogP contribution in [-0.4, -0.2) is 33.2 Å². The van der Waals surface area contributed by atoms with Gasteiger partial charge in [0.25, 0.3) is 5.91 Å². The van der Waals surface area contributed by atoms with Crippen LogP contribution in [-0.2, 0) is 26.4 Å². The highest BCUT2D eigenvalue weighted by molar-refractivity contribution is 7.92. The van der Waals surface area contributed by atoms with Crippen LogP contribution in [0, 0.1) is 0 Å². The number of ether oxygens (including phenoxy) is 1. The zero-order chi connectivity index (χ0) is 23.2. The van der Waals surface area contributed by atoms with Crippen LogP contribution >= 0.6 is 0 Å². The third kappa shape index (κ3) is 5.12. The van der Waals surface area contributed by atoms with Crippen LogP contribution in [0.1, 0.15) is 31.9 Å². The van der Waals surface area contributed by atoms with Gasteiger partial charge in [-0.3, -0.25) is 9.10 Å². The van der Waals surface area contributed by atoms with Gasteiger partial charge in [0.1, 0.15) is 5.75 Å². The molecule has 2 aromatic carbocycles. The molecule has 1 aliphatic heterocycles. The minimum atomic E-state index is -4.56. The Balaban J connectivity index is 1.90. The van der Waals surface area contributed by atoms with Crippen molar-refractivity contribution < 1.29 is 31.1 Å². The molecule has 1 unspecified atom stereocenters. The molecule has 0 aliphatic carbocycles. The van der Waals surface area contributed by atoms with Gasteiger partial charge >= 0.3 is 6.18 Å². The molecule has 0 saturated carbocycles. The number of fused-ring (bicyclic) bond motifs is 1. The summed E-state index contributed by atoms with van der Waals surface area (Å²) in [5.74, 6) is -0.549. The standard InChI is InChI=1S/C21H23F3N2O4S/c1-20(2,3)13-8-9-17-16(11-13)26(31(4,28)29)12-18(30-17)19(27)25-15-7-5-6-14(10-15)21(22,23)24/h5-11,18H,12H2,1-4H3,(H,25,27). The minimum Gasteiger partial charge on any atom is -0.476 e. The van der Waals surface area contributed by atoms with Gasteiger partial charge in [0, 0.05) is 5.69 Å². The first-order valence-corrected chi connectivity index (χ1v) is 11.3. The molecule has 0 radical (unpaired) electrons. The van der Waals surface area contributed by atoms with E-state index in [1.807, 2.05) is 20.8 Å². The Labute approximate surface area is 179 Å². The van der Waals surface area contributed by atoms with Crippen molar-refractivity contribution >= 4 is 27.3 Å². The van der Waals surface area contributed by atoms with E-state index in [1.54, 1.807) is 18.2 Å². The van der Waals surface area contributed by atoms with Crippen LogP contribution in [0.25, 0.3) is 0 Å². The monoisotopic (exact) mass is 456 g/mol. The zero-order valence-electron chi connectivity index (χ0n) is 17.4. The van der Waals surface area contributed by atoms with Crippen LogP contribution < -0.4 is 14.4 Å². The number of sulfonamides is 1. The Morgan fingerprint density at radius 2 is 1.77 bits per heavy atom. The van der Waals surface area contributed by atoms with Crippen LogP contribution in [0.15, 0.2) is 42.5 Å². The van der Waals surface area contributed by atoms with Crippen molar-refractivity contribution in [2.75, 3.05) is 22.4 Å². The number of halogens is 3. The van der Waals surface area contributed by atoms with E-state index >= 15 is 0 Å². The number of nitrogens with one attached hydrogen (secondary N) is 1. The normalized spacial score (nSPS) is 17.0. The summed E-state index contributed by atoms with van der Waals surface area (Å²) in [5.41, 5.74) is -0.0139. The maximum Gasteiger partial charge on any atom is 0.416 e. The molecule has 3 rings (SSSR count). The molecular formula is C21H23F3N2O4S. The minimum absolute atomic E-state index is 0.0665.